The van der Waals surface area contributed by atoms with E-state index < -0.39 is 0 Å². The van der Waals surface area contributed by atoms with Crippen LogP contribution >= 0.6 is 0 Å². The van der Waals surface area contributed by atoms with Crippen LogP contribution in [-0.2, 0) is 4.79 Å². The molecule has 1 N–H and O–H groups in total. The van der Waals surface area contributed by atoms with Gasteiger partial charge in [0.05, 0.1) is 6.10 Å². The van der Waals surface area contributed by atoms with Gasteiger partial charge in [0.2, 0.25) is 0 Å². The lowest BCUT2D eigenvalue weighted by molar-refractivity contribution is -0.203. The Labute approximate surface area is 202 Å². The molecule has 0 saturated heterocycles. The molecule has 2 heteroatoms. The summed E-state index contributed by atoms with van der Waals surface area (Å²) in [6.45, 7) is 17.4. The molecule has 0 unspecified atom stereocenters. The summed E-state index contributed by atoms with van der Waals surface area (Å²) < 4.78 is 0. The van der Waals surface area contributed by atoms with Crippen molar-refractivity contribution >= 4 is 5.78 Å². The van der Waals surface area contributed by atoms with Crippen molar-refractivity contribution in [3.8, 4) is 0 Å². The van der Waals surface area contributed by atoms with Gasteiger partial charge in [-0.2, -0.15) is 0 Å². The Morgan fingerprint density at radius 2 is 1.58 bits per heavy atom. The molecule has 0 heterocycles. The Kier molecular flexibility index (Phi) is 4.41. The molecule has 5 fully saturated rings. The van der Waals surface area contributed by atoms with Gasteiger partial charge in [-0.05, 0) is 109 Å². The van der Waals surface area contributed by atoms with Gasteiger partial charge in [0, 0.05) is 11.8 Å². The second-order valence-corrected chi connectivity index (χ2v) is 15.5. The fourth-order valence-electron chi connectivity index (χ4n) is 11.7. The number of aliphatic hydroxyl groups is 1. The number of Topliss-reactive ketones (excluding diaryl/α,β-unsaturated/α-hetero) is 1. The summed E-state index contributed by atoms with van der Waals surface area (Å²) in [5, 5.41) is 10.9. The van der Waals surface area contributed by atoms with Crippen LogP contribution in [0.1, 0.15) is 113 Å². The minimum atomic E-state index is -0.156. The van der Waals surface area contributed by atoms with Crippen LogP contribution in [0.15, 0.2) is 11.6 Å². The van der Waals surface area contributed by atoms with Gasteiger partial charge in [0.25, 0.3) is 0 Å². The summed E-state index contributed by atoms with van der Waals surface area (Å²) in [5.41, 5.74) is 2.92. The molecule has 2 nitrogen and oxygen atoms in total. The maximum absolute atomic E-state index is 13.0. The summed E-state index contributed by atoms with van der Waals surface area (Å²) in [6, 6.07) is 0. The van der Waals surface area contributed by atoms with Crippen LogP contribution in [0, 0.1) is 56.2 Å². The highest BCUT2D eigenvalue weighted by atomic mass is 16.3. The molecule has 6 rings (SSSR count). The molecule has 6 aliphatic rings. The predicted molar refractivity (Wildman–Crippen MR) is 134 cm³/mol. The van der Waals surface area contributed by atoms with E-state index in [1.165, 1.54) is 38.5 Å². The number of hydrogen-bond acceptors (Lipinski definition) is 2. The van der Waals surface area contributed by atoms with Gasteiger partial charge in [-0.3, -0.25) is 4.79 Å². The highest BCUT2D eigenvalue weighted by Gasteiger charge is 2.69. The van der Waals surface area contributed by atoms with Gasteiger partial charge in [-0.25, -0.2) is 0 Å². The van der Waals surface area contributed by atoms with Gasteiger partial charge < -0.3 is 5.11 Å². The average Bonchev–Trinajstić information content (AvgIpc) is 3.00. The van der Waals surface area contributed by atoms with Crippen LogP contribution in [0.2, 0.25) is 0 Å². The maximum atomic E-state index is 13.0. The first-order valence-electron chi connectivity index (χ1n) is 14.1. The van der Waals surface area contributed by atoms with Gasteiger partial charge in [-0.1, -0.05) is 60.1 Å². The van der Waals surface area contributed by atoms with Crippen molar-refractivity contribution in [2.24, 2.45) is 56.2 Å². The lowest BCUT2D eigenvalue weighted by atomic mass is 9.33. The molecule has 33 heavy (non-hydrogen) atoms. The molecular weight excluding hydrogens is 404 g/mol. The number of allylic oxidation sites excluding steroid dienone is 2. The molecule has 2 bridgehead atoms. The lowest BCUT2D eigenvalue weighted by Gasteiger charge is -2.71. The van der Waals surface area contributed by atoms with Crippen molar-refractivity contribution < 1.29 is 9.90 Å². The summed E-state index contributed by atoms with van der Waals surface area (Å²) in [5.74, 6) is 3.06. The maximum Gasteiger partial charge on any atom is 0.139 e. The molecular formula is C31H48O2. The van der Waals surface area contributed by atoms with E-state index in [4.69, 9.17) is 0 Å². The Morgan fingerprint density at radius 3 is 2.30 bits per heavy atom. The second kappa shape index (κ2) is 6.37. The smallest absolute Gasteiger partial charge is 0.139 e. The molecule has 0 spiro atoms. The van der Waals surface area contributed by atoms with E-state index in [9.17, 15) is 9.90 Å². The third-order valence-electron chi connectivity index (χ3n) is 14.2. The van der Waals surface area contributed by atoms with Crippen LogP contribution in [0.25, 0.3) is 0 Å². The lowest BCUT2D eigenvalue weighted by Crippen LogP contribution is -2.64. The summed E-state index contributed by atoms with van der Waals surface area (Å²) in [4.78, 5) is 13.0. The zero-order valence-corrected chi connectivity index (χ0v) is 22.4. The van der Waals surface area contributed by atoms with Crippen LogP contribution < -0.4 is 0 Å². The number of rotatable bonds is 0. The van der Waals surface area contributed by atoms with Crippen molar-refractivity contribution in [1.29, 1.82) is 0 Å². The van der Waals surface area contributed by atoms with Gasteiger partial charge in [0.15, 0.2) is 0 Å². The Hall–Kier alpha value is -0.630. The van der Waals surface area contributed by atoms with E-state index in [-0.39, 0.29) is 22.3 Å². The SMILES string of the molecule is CC1(C)[C@@H](O)CC[C@]2(C)[C@H]3CC=C4[C@H]5C[C@@]6(C)C[C@H](CC6=O)[C@]5(C)CC[C@@]4(C)[C@]3(C)CC[C@@H]12. The van der Waals surface area contributed by atoms with Crippen molar-refractivity contribution in [1.82, 2.24) is 0 Å². The molecule has 10 atom stereocenters. The summed E-state index contributed by atoms with van der Waals surface area (Å²) in [7, 11) is 0. The van der Waals surface area contributed by atoms with E-state index in [0.717, 1.165) is 25.7 Å². The normalized spacial score (nSPS) is 59.1. The van der Waals surface area contributed by atoms with E-state index in [1.807, 2.05) is 0 Å². The zero-order valence-electron chi connectivity index (χ0n) is 22.4. The topological polar surface area (TPSA) is 37.3 Å². The van der Waals surface area contributed by atoms with E-state index >= 15 is 0 Å². The Balaban J connectivity index is 1.43. The zero-order chi connectivity index (χ0) is 23.8. The number of aliphatic hydroxyl groups excluding tert-OH is 1. The molecule has 0 aliphatic heterocycles. The van der Waals surface area contributed by atoms with Crippen molar-refractivity contribution in [2.45, 2.75) is 119 Å². The first-order chi connectivity index (χ1) is 15.2. The van der Waals surface area contributed by atoms with Crippen LogP contribution in [0.3, 0.4) is 0 Å². The summed E-state index contributed by atoms with van der Waals surface area (Å²) in [6.07, 6.45) is 14.1. The fraction of sp³-hybridized carbons (Fsp3) is 0.903. The molecule has 6 aliphatic carbocycles. The summed E-state index contributed by atoms with van der Waals surface area (Å²) >= 11 is 0. The minimum absolute atomic E-state index is 0.0158. The predicted octanol–water partition coefficient (Wildman–Crippen LogP) is 7.35. The highest BCUT2D eigenvalue weighted by Crippen LogP contribution is 2.77. The second-order valence-electron chi connectivity index (χ2n) is 15.5. The number of carbonyl (C=O) groups excluding carboxylic acids is 1. The molecule has 0 amide bonds. The first-order valence-corrected chi connectivity index (χ1v) is 14.1. The molecule has 0 aromatic heterocycles. The fourth-order valence-corrected chi connectivity index (χ4v) is 11.7. The molecule has 0 aromatic carbocycles. The molecule has 5 saturated carbocycles. The Morgan fingerprint density at radius 1 is 0.848 bits per heavy atom. The molecule has 0 radical (unpaired) electrons. The quantitative estimate of drug-likeness (QED) is 0.390. The number of ketones is 1. The largest absolute Gasteiger partial charge is 0.393 e. The number of hydrogen-bond donors (Lipinski definition) is 1. The highest BCUT2D eigenvalue weighted by molar-refractivity contribution is 5.87. The minimum Gasteiger partial charge on any atom is -0.393 e. The first kappa shape index (κ1) is 22.8. The third kappa shape index (κ3) is 2.48. The van der Waals surface area contributed by atoms with Gasteiger partial charge >= 0.3 is 0 Å². The Bertz CT molecular complexity index is 931. The van der Waals surface area contributed by atoms with Crippen molar-refractivity contribution in [3.63, 3.8) is 0 Å². The van der Waals surface area contributed by atoms with E-state index in [2.05, 4.69) is 54.5 Å². The molecule has 184 valence electrons. The van der Waals surface area contributed by atoms with Gasteiger partial charge in [-0.15, -0.1) is 0 Å². The van der Waals surface area contributed by atoms with Gasteiger partial charge in [0.1, 0.15) is 5.78 Å². The monoisotopic (exact) mass is 452 g/mol. The standard InChI is InChI=1S/C31H48O2/c1-26(2)22-10-13-31(7)23(29(22,5)12-11-24(26)32)9-8-20-21-18-27(3)17-19(16-25(27)33)28(21,4)14-15-30(20,31)6/h8,19,21-24,32H,9-18H2,1-7H3/t19-,21+,22-,23+,24-,27+,28-,29-,30+,31+/m0/s1. The van der Waals surface area contributed by atoms with E-state index in [1.54, 1.807) is 5.57 Å². The van der Waals surface area contributed by atoms with Crippen LogP contribution in [0.5, 0.6) is 0 Å². The van der Waals surface area contributed by atoms with Crippen molar-refractivity contribution in [2.75, 3.05) is 0 Å². The molecule has 0 aromatic rings. The van der Waals surface area contributed by atoms with Crippen molar-refractivity contribution in [3.05, 3.63) is 11.6 Å². The van der Waals surface area contributed by atoms with Crippen LogP contribution in [0.4, 0.5) is 0 Å². The number of fused-ring (bicyclic) bond motifs is 10. The van der Waals surface area contributed by atoms with E-state index in [0.29, 0.717) is 45.7 Å². The number of carbonyl (C=O) groups is 1. The van der Waals surface area contributed by atoms with Crippen LogP contribution in [-0.4, -0.2) is 17.0 Å². The third-order valence-corrected chi connectivity index (χ3v) is 14.2. The average molecular weight is 453 g/mol.